The topological polar surface area (TPSA) is 62.1 Å². The van der Waals surface area contributed by atoms with E-state index in [-0.39, 0.29) is 12.5 Å². The molecule has 0 heterocycles. The maximum absolute atomic E-state index is 12.0. The molecule has 0 saturated carbocycles. The molecule has 2 aromatic carbocycles. The van der Waals surface area contributed by atoms with Crippen molar-refractivity contribution in [3.05, 3.63) is 64.2 Å². The van der Waals surface area contributed by atoms with E-state index in [1.165, 1.54) is 16.7 Å². The summed E-state index contributed by atoms with van der Waals surface area (Å²) >= 11 is 0. The van der Waals surface area contributed by atoms with E-state index in [0.717, 1.165) is 5.56 Å². The lowest BCUT2D eigenvalue weighted by atomic mass is 10.00. The first kappa shape index (κ1) is 16.6. The van der Waals surface area contributed by atoms with E-state index in [4.69, 9.17) is 10.00 Å². The van der Waals surface area contributed by atoms with Crippen LogP contribution in [0.4, 0.5) is 0 Å². The summed E-state index contributed by atoms with van der Waals surface area (Å²) in [6.07, 6.45) is 0. The van der Waals surface area contributed by atoms with Crippen molar-refractivity contribution < 1.29 is 9.53 Å². The summed E-state index contributed by atoms with van der Waals surface area (Å²) in [5.74, 6) is 0.213. The van der Waals surface area contributed by atoms with Crippen molar-refractivity contribution in [1.29, 1.82) is 5.26 Å². The fourth-order valence-corrected chi connectivity index (χ4v) is 2.55. The van der Waals surface area contributed by atoms with Gasteiger partial charge in [-0.15, -0.1) is 0 Å². The zero-order chi connectivity index (χ0) is 16.8. The fraction of sp³-hybridized carbons (Fsp3) is 0.263. The molecule has 0 unspecified atom stereocenters. The predicted octanol–water partition coefficient (Wildman–Crippen LogP) is 3.18. The van der Waals surface area contributed by atoms with Gasteiger partial charge in [-0.2, -0.15) is 5.26 Å². The number of aryl methyl sites for hydroxylation is 3. The van der Waals surface area contributed by atoms with Crippen molar-refractivity contribution >= 4 is 5.91 Å². The average molecular weight is 308 g/mol. The largest absolute Gasteiger partial charge is 0.482 e. The number of hydrogen-bond donors (Lipinski definition) is 1. The predicted molar refractivity (Wildman–Crippen MR) is 89.2 cm³/mol. The second-order valence-corrected chi connectivity index (χ2v) is 5.55. The third-order valence-corrected chi connectivity index (χ3v) is 3.67. The van der Waals surface area contributed by atoms with Crippen molar-refractivity contribution in [3.8, 4) is 11.8 Å². The Morgan fingerprint density at radius 2 is 1.83 bits per heavy atom. The van der Waals surface area contributed by atoms with Gasteiger partial charge in [-0.25, -0.2) is 0 Å². The average Bonchev–Trinajstić information content (AvgIpc) is 2.52. The highest BCUT2D eigenvalue weighted by atomic mass is 16.5. The van der Waals surface area contributed by atoms with Crippen LogP contribution in [0.15, 0.2) is 36.4 Å². The summed E-state index contributed by atoms with van der Waals surface area (Å²) in [5, 5.41) is 11.8. The van der Waals surface area contributed by atoms with Crippen LogP contribution in [-0.2, 0) is 11.3 Å². The monoisotopic (exact) mass is 308 g/mol. The minimum Gasteiger partial charge on any atom is -0.482 e. The molecule has 2 aromatic rings. The summed E-state index contributed by atoms with van der Waals surface area (Å²) in [4.78, 5) is 12.0. The van der Waals surface area contributed by atoms with Crippen LogP contribution in [0.25, 0.3) is 0 Å². The van der Waals surface area contributed by atoms with Crippen molar-refractivity contribution in [2.45, 2.75) is 27.3 Å². The maximum atomic E-state index is 12.0. The molecule has 2 rings (SSSR count). The number of carbonyl (C=O) groups excluding carboxylic acids is 1. The molecule has 0 fully saturated rings. The summed E-state index contributed by atoms with van der Waals surface area (Å²) in [6, 6.07) is 13.1. The minimum atomic E-state index is -0.211. The number of amides is 1. The lowest BCUT2D eigenvalue weighted by Crippen LogP contribution is -2.29. The number of nitriles is 1. The molecule has 0 saturated heterocycles. The zero-order valence-corrected chi connectivity index (χ0v) is 13.6. The Morgan fingerprint density at radius 3 is 2.48 bits per heavy atom. The second-order valence-electron chi connectivity index (χ2n) is 5.55. The number of ether oxygens (including phenoxy) is 1. The Kier molecular flexibility index (Phi) is 5.37. The molecule has 0 spiro atoms. The fourth-order valence-electron chi connectivity index (χ4n) is 2.55. The Balaban J connectivity index is 1.93. The molecule has 0 radical (unpaired) electrons. The molecule has 0 bridgehead atoms. The molecule has 1 amide bonds. The Morgan fingerprint density at radius 1 is 1.17 bits per heavy atom. The van der Waals surface area contributed by atoms with Crippen molar-refractivity contribution in [1.82, 2.24) is 5.32 Å². The van der Waals surface area contributed by atoms with E-state index < -0.39 is 0 Å². The van der Waals surface area contributed by atoms with Gasteiger partial charge < -0.3 is 10.1 Å². The first-order chi connectivity index (χ1) is 11.0. The molecule has 4 nitrogen and oxygen atoms in total. The molecule has 0 aliphatic rings. The highest BCUT2D eigenvalue weighted by Crippen LogP contribution is 2.17. The molecular formula is C19H20N2O2. The number of para-hydroxylation sites is 1. The molecule has 23 heavy (non-hydrogen) atoms. The van der Waals surface area contributed by atoms with Gasteiger partial charge in [-0.1, -0.05) is 29.8 Å². The molecule has 0 atom stereocenters. The van der Waals surface area contributed by atoms with Crippen LogP contribution < -0.4 is 10.1 Å². The quantitative estimate of drug-likeness (QED) is 0.922. The number of rotatable bonds is 5. The lowest BCUT2D eigenvalue weighted by molar-refractivity contribution is -0.123. The zero-order valence-electron chi connectivity index (χ0n) is 13.6. The first-order valence-electron chi connectivity index (χ1n) is 7.46. The van der Waals surface area contributed by atoms with Crippen LogP contribution in [0, 0.1) is 32.1 Å². The van der Waals surface area contributed by atoms with Crippen LogP contribution >= 0.6 is 0 Å². The van der Waals surface area contributed by atoms with Crippen molar-refractivity contribution in [2.75, 3.05) is 6.61 Å². The SMILES string of the molecule is Cc1cc(C)c(CNC(=O)COc2ccccc2C#N)c(C)c1. The van der Waals surface area contributed by atoms with Crippen molar-refractivity contribution in [2.24, 2.45) is 0 Å². The van der Waals surface area contributed by atoms with Gasteiger partial charge in [-0.05, 0) is 49.6 Å². The normalized spacial score (nSPS) is 10.0. The molecule has 1 N–H and O–H groups in total. The van der Waals surface area contributed by atoms with Gasteiger partial charge in [0.1, 0.15) is 11.8 Å². The van der Waals surface area contributed by atoms with Gasteiger partial charge in [0.2, 0.25) is 0 Å². The first-order valence-corrected chi connectivity index (χ1v) is 7.46. The second kappa shape index (κ2) is 7.46. The number of hydrogen-bond acceptors (Lipinski definition) is 3. The van der Waals surface area contributed by atoms with E-state index in [2.05, 4.69) is 24.4 Å². The molecule has 0 aliphatic carbocycles. The Labute approximate surface area is 136 Å². The highest BCUT2D eigenvalue weighted by Gasteiger charge is 2.08. The minimum absolute atomic E-state index is 0.108. The summed E-state index contributed by atoms with van der Waals surface area (Å²) in [6.45, 7) is 6.51. The van der Waals surface area contributed by atoms with E-state index in [1.807, 2.05) is 19.9 Å². The number of benzene rings is 2. The summed E-state index contributed by atoms with van der Waals surface area (Å²) < 4.78 is 5.42. The summed E-state index contributed by atoms with van der Waals surface area (Å²) in [7, 11) is 0. The molecule has 4 heteroatoms. The van der Waals surface area contributed by atoms with Gasteiger partial charge in [0.15, 0.2) is 6.61 Å². The number of nitrogens with one attached hydrogen (secondary N) is 1. The molecule has 0 aliphatic heterocycles. The number of nitrogens with zero attached hydrogens (tertiary/aromatic N) is 1. The van der Waals surface area contributed by atoms with Crippen LogP contribution in [0.5, 0.6) is 5.75 Å². The van der Waals surface area contributed by atoms with E-state index in [9.17, 15) is 4.79 Å². The van der Waals surface area contributed by atoms with E-state index >= 15 is 0 Å². The number of carbonyl (C=O) groups is 1. The van der Waals surface area contributed by atoms with Gasteiger partial charge in [-0.3, -0.25) is 4.79 Å². The van der Waals surface area contributed by atoms with Gasteiger partial charge >= 0.3 is 0 Å². The smallest absolute Gasteiger partial charge is 0.258 e. The van der Waals surface area contributed by atoms with Crippen molar-refractivity contribution in [3.63, 3.8) is 0 Å². The maximum Gasteiger partial charge on any atom is 0.258 e. The molecule has 0 aromatic heterocycles. The van der Waals surface area contributed by atoms with Crippen LogP contribution in [0.1, 0.15) is 27.8 Å². The van der Waals surface area contributed by atoms with Crippen LogP contribution in [-0.4, -0.2) is 12.5 Å². The Bertz CT molecular complexity index is 737. The summed E-state index contributed by atoms with van der Waals surface area (Å²) in [5.41, 5.74) is 5.09. The molecular weight excluding hydrogens is 288 g/mol. The van der Waals surface area contributed by atoms with Gasteiger partial charge in [0.25, 0.3) is 5.91 Å². The van der Waals surface area contributed by atoms with E-state index in [1.54, 1.807) is 24.3 Å². The Hall–Kier alpha value is -2.80. The van der Waals surface area contributed by atoms with Crippen LogP contribution in [0.2, 0.25) is 0 Å². The van der Waals surface area contributed by atoms with Crippen LogP contribution in [0.3, 0.4) is 0 Å². The highest BCUT2D eigenvalue weighted by molar-refractivity contribution is 5.77. The standard InChI is InChI=1S/C19H20N2O2/c1-13-8-14(2)17(15(3)9-13)11-21-19(22)12-23-18-7-5-4-6-16(18)10-20/h4-9H,11-12H2,1-3H3,(H,21,22). The third-order valence-electron chi connectivity index (χ3n) is 3.67. The van der Waals surface area contributed by atoms with E-state index in [0.29, 0.717) is 17.9 Å². The third kappa shape index (κ3) is 4.33. The lowest BCUT2D eigenvalue weighted by Gasteiger charge is -2.13. The molecule has 118 valence electrons. The van der Waals surface area contributed by atoms with Gasteiger partial charge in [0.05, 0.1) is 5.56 Å². The van der Waals surface area contributed by atoms with Gasteiger partial charge in [0, 0.05) is 6.54 Å².